The molecule has 1 heterocycles. The summed E-state index contributed by atoms with van der Waals surface area (Å²) in [7, 11) is 0. The molecule has 158 valence electrons. The number of fused-ring (bicyclic) bond motifs is 3. The lowest BCUT2D eigenvalue weighted by Crippen LogP contribution is -2.43. The van der Waals surface area contributed by atoms with Gasteiger partial charge in [0.2, 0.25) is 0 Å². The van der Waals surface area contributed by atoms with Crippen molar-refractivity contribution in [3.63, 3.8) is 0 Å². The monoisotopic (exact) mass is 424 g/mol. The second-order valence-corrected chi connectivity index (χ2v) is 7.15. The molecule has 1 atom stereocenters. The number of carbonyl (C=O) groups is 2. The van der Waals surface area contributed by atoms with E-state index in [9.17, 15) is 23.5 Å². The molecular weight excluding hydrogens is 406 g/mol. The number of hydrogen-bond donors (Lipinski definition) is 2. The largest absolute Gasteiger partial charge is 0.480 e. The van der Waals surface area contributed by atoms with Crippen LogP contribution in [0.4, 0.5) is 13.6 Å². The minimum Gasteiger partial charge on any atom is -0.480 e. The lowest BCUT2D eigenvalue weighted by atomic mass is 9.98. The molecule has 1 aliphatic rings. The number of amides is 1. The van der Waals surface area contributed by atoms with Crippen LogP contribution in [0.5, 0.6) is 0 Å². The van der Waals surface area contributed by atoms with Crippen molar-refractivity contribution in [2.24, 2.45) is 0 Å². The Morgan fingerprint density at radius 3 is 2.10 bits per heavy atom. The summed E-state index contributed by atoms with van der Waals surface area (Å²) in [6.07, 6.45) is -0.00116. The third-order valence-corrected chi connectivity index (χ3v) is 5.29. The van der Waals surface area contributed by atoms with Gasteiger partial charge in [-0.1, -0.05) is 48.5 Å². The topological polar surface area (TPSA) is 88.5 Å². The van der Waals surface area contributed by atoms with Gasteiger partial charge in [-0.2, -0.15) is 0 Å². The average Bonchev–Trinajstić information content (AvgIpc) is 3.08. The highest BCUT2D eigenvalue weighted by atomic mass is 19.1. The number of hydrogen-bond acceptors (Lipinski definition) is 4. The molecule has 3 aromatic rings. The molecule has 2 aromatic carbocycles. The first-order chi connectivity index (χ1) is 15.0. The van der Waals surface area contributed by atoms with E-state index < -0.39 is 41.7 Å². The Kier molecular flexibility index (Phi) is 5.62. The Labute approximate surface area is 176 Å². The first-order valence-corrected chi connectivity index (χ1v) is 9.58. The summed E-state index contributed by atoms with van der Waals surface area (Å²) in [6.45, 7) is -0.00974. The lowest BCUT2D eigenvalue weighted by Gasteiger charge is -2.18. The molecule has 0 radical (unpaired) electrons. The molecule has 0 fully saturated rings. The van der Waals surface area contributed by atoms with Gasteiger partial charge in [-0.05, 0) is 22.3 Å². The zero-order valence-corrected chi connectivity index (χ0v) is 16.2. The zero-order chi connectivity index (χ0) is 22.0. The third kappa shape index (κ3) is 4.09. The first kappa shape index (κ1) is 20.5. The van der Waals surface area contributed by atoms with Crippen LogP contribution in [0.1, 0.15) is 22.6 Å². The number of ether oxygens (including phenoxy) is 1. The predicted molar refractivity (Wildman–Crippen MR) is 107 cm³/mol. The predicted octanol–water partition coefficient (Wildman–Crippen LogP) is 3.89. The molecule has 8 heteroatoms. The number of rotatable bonds is 6. The van der Waals surface area contributed by atoms with E-state index >= 15 is 0 Å². The molecule has 0 spiro atoms. The number of benzene rings is 2. The lowest BCUT2D eigenvalue weighted by molar-refractivity contribution is -0.139. The summed E-state index contributed by atoms with van der Waals surface area (Å²) >= 11 is 0. The van der Waals surface area contributed by atoms with Crippen molar-refractivity contribution in [2.45, 2.75) is 18.4 Å². The number of nitrogens with zero attached hydrogens (tertiary/aromatic N) is 1. The van der Waals surface area contributed by atoms with E-state index in [1.807, 2.05) is 48.5 Å². The van der Waals surface area contributed by atoms with Gasteiger partial charge in [0, 0.05) is 17.9 Å². The normalized spacial score (nSPS) is 13.2. The molecular formula is C23H18F2N2O4. The molecule has 0 aliphatic heterocycles. The number of aliphatic carboxylic acids is 1. The van der Waals surface area contributed by atoms with Gasteiger partial charge in [0.1, 0.15) is 24.3 Å². The van der Waals surface area contributed by atoms with E-state index in [2.05, 4.69) is 10.3 Å². The number of nitrogens with one attached hydrogen (secondary N) is 1. The van der Waals surface area contributed by atoms with Crippen molar-refractivity contribution in [1.29, 1.82) is 0 Å². The van der Waals surface area contributed by atoms with E-state index in [1.54, 1.807) is 0 Å². The Bertz CT molecular complexity index is 1090. The van der Waals surface area contributed by atoms with Crippen molar-refractivity contribution in [1.82, 2.24) is 10.3 Å². The van der Waals surface area contributed by atoms with Crippen molar-refractivity contribution in [2.75, 3.05) is 6.61 Å². The smallest absolute Gasteiger partial charge is 0.407 e. The minimum atomic E-state index is -1.57. The van der Waals surface area contributed by atoms with Crippen LogP contribution in [0.25, 0.3) is 11.1 Å². The Morgan fingerprint density at radius 1 is 1.00 bits per heavy atom. The van der Waals surface area contributed by atoms with Gasteiger partial charge in [-0.3, -0.25) is 4.98 Å². The molecule has 1 amide bonds. The molecule has 0 bridgehead atoms. The Balaban J connectivity index is 1.45. The Morgan fingerprint density at radius 2 is 1.55 bits per heavy atom. The number of alkyl carbamates (subject to hydrolysis) is 1. The number of aromatic nitrogens is 1. The summed E-state index contributed by atoms with van der Waals surface area (Å²) in [5.41, 5.74) is 3.65. The van der Waals surface area contributed by atoms with Crippen LogP contribution in [0.2, 0.25) is 0 Å². The number of halogens is 2. The summed E-state index contributed by atoms with van der Waals surface area (Å²) in [6, 6.07) is 14.0. The molecule has 0 saturated carbocycles. The standard InChI is InChI=1S/C23H18F2N2O4/c24-19-10-26-11-20(25)17(19)9-21(22(28)29)27-23(30)31-12-18-15-7-3-1-5-13(15)14-6-2-4-8-16(14)18/h1-8,10-11,18,21H,9,12H2,(H,27,30)(H,28,29)/t21-/m0/s1. The summed E-state index contributed by atoms with van der Waals surface area (Å²) in [5.74, 6) is -3.61. The number of carboxylic acid groups (broad SMARTS) is 1. The van der Waals surface area contributed by atoms with E-state index in [0.29, 0.717) is 0 Å². The fourth-order valence-electron chi connectivity index (χ4n) is 3.82. The first-order valence-electron chi connectivity index (χ1n) is 9.58. The molecule has 1 aromatic heterocycles. The van der Waals surface area contributed by atoms with Crippen LogP contribution in [0, 0.1) is 11.6 Å². The average molecular weight is 424 g/mol. The number of carboxylic acids is 1. The molecule has 0 saturated heterocycles. The quantitative estimate of drug-likeness (QED) is 0.627. The van der Waals surface area contributed by atoms with Crippen LogP contribution in [0.3, 0.4) is 0 Å². The van der Waals surface area contributed by atoms with Crippen LogP contribution in [0.15, 0.2) is 60.9 Å². The van der Waals surface area contributed by atoms with E-state index in [-0.39, 0.29) is 12.5 Å². The summed E-state index contributed by atoms with van der Waals surface area (Å²) in [4.78, 5) is 27.2. The van der Waals surface area contributed by atoms with Gasteiger partial charge in [0.25, 0.3) is 0 Å². The highest BCUT2D eigenvalue weighted by Gasteiger charge is 2.30. The highest BCUT2D eigenvalue weighted by molar-refractivity contribution is 5.81. The number of pyridine rings is 1. The van der Waals surface area contributed by atoms with Gasteiger partial charge in [0.15, 0.2) is 0 Å². The van der Waals surface area contributed by atoms with Gasteiger partial charge < -0.3 is 15.2 Å². The third-order valence-electron chi connectivity index (χ3n) is 5.29. The van der Waals surface area contributed by atoms with Gasteiger partial charge in [-0.25, -0.2) is 18.4 Å². The fraction of sp³-hybridized carbons (Fsp3) is 0.174. The van der Waals surface area contributed by atoms with Crippen molar-refractivity contribution >= 4 is 12.1 Å². The van der Waals surface area contributed by atoms with Crippen molar-refractivity contribution in [3.05, 3.63) is 89.2 Å². The molecule has 1 aliphatic carbocycles. The van der Waals surface area contributed by atoms with Gasteiger partial charge >= 0.3 is 12.1 Å². The van der Waals surface area contributed by atoms with Crippen LogP contribution in [-0.2, 0) is 16.0 Å². The number of carbonyl (C=O) groups excluding carboxylic acids is 1. The second-order valence-electron chi connectivity index (χ2n) is 7.15. The van der Waals surface area contributed by atoms with Crippen LogP contribution in [-0.4, -0.2) is 34.8 Å². The second kappa shape index (κ2) is 8.51. The van der Waals surface area contributed by atoms with Gasteiger partial charge in [0.05, 0.1) is 12.4 Å². The molecule has 2 N–H and O–H groups in total. The van der Waals surface area contributed by atoms with Crippen molar-refractivity contribution in [3.8, 4) is 11.1 Å². The SMILES string of the molecule is O=C(N[C@@H](Cc1c(F)cncc1F)C(=O)O)OCC1c2ccccc2-c2ccccc21. The van der Waals surface area contributed by atoms with E-state index in [0.717, 1.165) is 34.6 Å². The van der Waals surface area contributed by atoms with Crippen LogP contribution < -0.4 is 5.32 Å². The maximum Gasteiger partial charge on any atom is 0.407 e. The minimum absolute atomic E-state index is 0.00974. The summed E-state index contributed by atoms with van der Waals surface area (Å²) in [5, 5.41) is 11.6. The molecule has 31 heavy (non-hydrogen) atoms. The van der Waals surface area contributed by atoms with Crippen molar-refractivity contribution < 1.29 is 28.2 Å². The van der Waals surface area contributed by atoms with E-state index in [4.69, 9.17) is 4.74 Å². The van der Waals surface area contributed by atoms with Gasteiger partial charge in [-0.15, -0.1) is 0 Å². The highest BCUT2D eigenvalue weighted by Crippen LogP contribution is 2.44. The zero-order valence-electron chi connectivity index (χ0n) is 16.2. The maximum atomic E-state index is 13.8. The summed E-state index contributed by atoms with van der Waals surface area (Å²) < 4.78 is 32.9. The fourth-order valence-corrected chi connectivity index (χ4v) is 3.82. The molecule has 4 rings (SSSR count). The van der Waals surface area contributed by atoms with Crippen LogP contribution >= 0.6 is 0 Å². The van der Waals surface area contributed by atoms with E-state index in [1.165, 1.54) is 0 Å². The molecule has 6 nitrogen and oxygen atoms in total. The maximum absolute atomic E-state index is 13.8. The molecule has 0 unspecified atom stereocenters. The Hall–Kier alpha value is -3.81.